The van der Waals surface area contributed by atoms with Gasteiger partial charge in [0.2, 0.25) is 0 Å². The smallest absolute Gasteiger partial charge is 0.408 e. The van der Waals surface area contributed by atoms with Gasteiger partial charge < -0.3 is 10.5 Å². The third kappa shape index (κ3) is 3.84. The lowest BCUT2D eigenvalue weighted by molar-refractivity contribution is -0.142. The molecule has 0 bridgehead atoms. The first kappa shape index (κ1) is 17.3. The number of carbonyl (C=O) groups excluding carboxylic acids is 1. The number of halogens is 3. The Bertz CT molecular complexity index is 789. The minimum absolute atomic E-state index is 0.0591. The van der Waals surface area contributed by atoms with Crippen LogP contribution < -0.4 is 5.73 Å². The fraction of sp³-hybridized carbons (Fsp3) is 0.267. The number of hydrogen-bond donors (Lipinski definition) is 1. The van der Waals surface area contributed by atoms with Gasteiger partial charge >= 0.3 is 12.1 Å². The molecular weight excluding hydrogens is 325 g/mol. The van der Waals surface area contributed by atoms with E-state index in [1.54, 1.807) is 30.3 Å². The van der Waals surface area contributed by atoms with Crippen LogP contribution in [0, 0.1) is 11.3 Å². The van der Waals surface area contributed by atoms with E-state index < -0.39 is 18.7 Å². The number of anilines is 1. The van der Waals surface area contributed by atoms with Crippen molar-refractivity contribution in [3.63, 3.8) is 0 Å². The molecule has 0 aliphatic carbocycles. The highest BCUT2D eigenvalue weighted by molar-refractivity contribution is 5.75. The van der Waals surface area contributed by atoms with E-state index in [2.05, 4.69) is 9.84 Å². The molecule has 0 spiro atoms. The van der Waals surface area contributed by atoms with Crippen LogP contribution in [0.5, 0.6) is 0 Å². The Balaban J connectivity index is 2.36. The third-order valence-corrected chi connectivity index (χ3v) is 3.24. The van der Waals surface area contributed by atoms with Crippen LogP contribution in [0.25, 0.3) is 11.3 Å². The van der Waals surface area contributed by atoms with Gasteiger partial charge in [0.15, 0.2) is 0 Å². The minimum Gasteiger partial charge on any atom is -0.469 e. The molecule has 0 saturated carbocycles. The Hall–Kier alpha value is -3.02. The number of ether oxygens (including phenoxy) is 1. The number of nitrogens with zero attached hydrogens (tertiary/aromatic N) is 3. The summed E-state index contributed by atoms with van der Waals surface area (Å²) in [7, 11) is 1.27. The van der Waals surface area contributed by atoms with Crippen molar-refractivity contribution in [3.8, 4) is 17.3 Å². The van der Waals surface area contributed by atoms with E-state index in [9.17, 15) is 18.0 Å². The van der Waals surface area contributed by atoms with Crippen LogP contribution in [0.15, 0.2) is 24.3 Å². The topological polar surface area (TPSA) is 93.9 Å². The van der Waals surface area contributed by atoms with Crippen LogP contribution in [0.1, 0.15) is 11.1 Å². The van der Waals surface area contributed by atoms with Crippen molar-refractivity contribution in [2.24, 2.45) is 0 Å². The van der Waals surface area contributed by atoms with E-state index in [1.807, 2.05) is 0 Å². The summed E-state index contributed by atoms with van der Waals surface area (Å²) in [5.41, 5.74) is 6.61. The standard InChI is InChI=1S/C15H13F3N4O2/c1-24-12(23)6-9-2-4-10(5-3-9)13-11(7-19)14(20)22(21-13)8-15(16,17)18/h2-5H,6,8,20H2,1H3. The summed E-state index contributed by atoms with van der Waals surface area (Å²) in [4.78, 5) is 11.2. The highest BCUT2D eigenvalue weighted by atomic mass is 19.4. The van der Waals surface area contributed by atoms with Crippen molar-refractivity contribution >= 4 is 11.8 Å². The van der Waals surface area contributed by atoms with Crippen molar-refractivity contribution in [1.82, 2.24) is 9.78 Å². The molecule has 2 rings (SSSR count). The molecule has 24 heavy (non-hydrogen) atoms. The lowest BCUT2D eigenvalue weighted by Gasteiger charge is -2.07. The largest absolute Gasteiger partial charge is 0.469 e. The summed E-state index contributed by atoms with van der Waals surface area (Å²) in [6, 6.07) is 8.09. The monoisotopic (exact) mass is 338 g/mol. The Morgan fingerprint density at radius 3 is 2.50 bits per heavy atom. The first-order valence-corrected chi connectivity index (χ1v) is 6.74. The molecule has 126 valence electrons. The zero-order valence-corrected chi connectivity index (χ0v) is 12.6. The summed E-state index contributed by atoms with van der Waals surface area (Å²) in [5.74, 6) is -0.761. The maximum Gasteiger partial charge on any atom is 0.408 e. The average molecular weight is 338 g/mol. The molecule has 0 fully saturated rings. The fourth-order valence-electron chi connectivity index (χ4n) is 2.10. The molecule has 0 amide bonds. The number of methoxy groups -OCH3 is 1. The minimum atomic E-state index is -4.51. The van der Waals surface area contributed by atoms with Gasteiger partial charge in [-0.05, 0) is 5.56 Å². The van der Waals surface area contributed by atoms with E-state index >= 15 is 0 Å². The van der Waals surface area contributed by atoms with Crippen LogP contribution in [-0.4, -0.2) is 29.0 Å². The molecular formula is C15H13F3N4O2. The number of nitrogens with two attached hydrogens (primary N) is 1. The second kappa shape index (κ2) is 6.62. The van der Waals surface area contributed by atoms with Crippen molar-refractivity contribution in [3.05, 3.63) is 35.4 Å². The number of aromatic nitrogens is 2. The molecule has 2 aromatic rings. The van der Waals surface area contributed by atoms with Gasteiger partial charge in [-0.2, -0.15) is 23.5 Å². The SMILES string of the molecule is COC(=O)Cc1ccc(-c2nn(CC(F)(F)F)c(N)c2C#N)cc1. The van der Waals surface area contributed by atoms with Crippen LogP contribution in [0.2, 0.25) is 0 Å². The van der Waals surface area contributed by atoms with Crippen LogP contribution in [0.3, 0.4) is 0 Å². The molecule has 0 radical (unpaired) electrons. The van der Waals surface area contributed by atoms with Crippen LogP contribution >= 0.6 is 0 Å². The van der Waals surface area contributed by atoms with E-state index in [4.69, 9.17) is 11.0 Å². The third-order valence-electron chi connectivity index (χ3n) is 3.24. The lowest BCUT2D eigenvalue weighted by Crippen LogP contribution is -2.20. The zero-order valence-electron chi connectivity index (χ0n) is 12.6. The highest BCUT2D eigenvalue weighted by Crippen LogP contribution is 2.29. The molecule has 0 atom stereocenters. The molecule has 0 aliphatic heterocycles. The number of hydrogen-bond acceptors (Lipinski definition) is 5. The van der Waals surface area contributed by atoms with Crippen molar-refractivity contribution in [2.45, 2.75) is 19.1 Å². The van der Waals surface area contributed by atoms with Gasteiger partial charge in [-0.3, -0.25) is 4.79 Å². The van der Waals surface area contributed by atoms with Crippen molar-refractivity contribution < 1.29 is 22.7 Å². The molecule has 1 aromatic carbocycles. The lowest BCUT2D eigenvalue weighted by atomic mass is 10.0. The number of alkyl halides is 3. The number of rotatable bonds is 4. The van der Waals surface area contributed by atoms with Crippen LogP contribution in [0.4, 0.5) is 19.0 Å². The summed E-state index contributed by atoms with van der Waals surface area (Å²) in [6.07, 6.45) is -4.44. The first-order valence-electron chi connectivity index (χ1n) is 6.74. The molecule has 0 saturated heterocycles. The summed E-state index contributed by atoms with van der Waals surface area (Å²) < 4.78 is 42.7. The van der Waals surface area contributed by atoms with Gasteiger partial charge in [0.05, 0.1) is 13.5 Å². The second-order valence-corrected chi connectivity index (χ2v) is 4.94. The van der Waals surface area contributed by atoms with E-state index in [0.29, 0.717) is 15.8 Å². The Morgan fingerprint density at radius 2 is 2.00 bits per heavy atom. The number of benzene rings is 1. The number of nitrogen functional groups attached to an aromatic ring is 1. The average Bonchev–Trinajstić information content (AvgIpc) is 2.82. The predicted octanol–water partition coefficient (Wildman–Crippen LogP) is 2.28. The second-order valence-electron chi connectivity index (χ2n) is 4.94. The summed E-state index contributed by atoms with van der Waals surface area (Å²) in [5, 5.41) is 13.0. The van der Waals surface area contributed by atoms with Gasteiger partial charge in [-0.25, -0.2) is 4.68 Å². The number of esters is 1. The highest BCUT2D eigenvalue weighted by Gasteiger charge is 2.31. The summed E-state index contributed by atoms with van der Waals surface area (Å²) in [6.45, 7) is -1.38. The van der Waals surface area contributed by atoms with Crippen molar-refractivity contribution in [2.75, 3.05) is 12.8 Å². The Kier molecular flexibility index (Phi) is 4.78. The Morgan fingerprint density at radius 1 is 1.38 bits per heavy atom. The van der Waals surface area contributed by atoms with Gasteiger partial charge in [-0.15, -0.1) is 0 Å². The number of carbonyl (C=O) groups is 1. The normalized spacial score (nSPS) is 11.1. The Labute approximate surface area is 135 Å². The van der Waals surface area contributed by atoms with Gasteiger partial charge in [0, 0.05) is 5.56 Å². The maximum atomic E-state index is 12.5. The zero-order chi connectivity index (χ0) is 17.9. The quantitative estimate of drug-likeness (QED) is 0.863. The van der Waals surface area contributed by atoms with Crippen LogP contribution in [-0.2, 0) is 22.5 Å². The fourth-order valence-corrected chi connectivity index (χ4v) is 2.10. The van der Waals surface area contributed by atoms with E-state index in [1.165, 1.54) is 7.11 Å². The van der Waals surface area contributed by atoms with Gasteiger partial charge in [-0.1, -0.05) is 24.3 Å². The van der Waals surface area contributed by atoms with E-state index in [-0.39, 0.29) is 23.5 Å². The first-order chi connectivity index (χ1) is 11.2. The molecule has 0 unspecified atom stereocenters. The summed E-state index contributed by atoms with van der Waals surface area (Å²) >= 11 is 0. The van der Waals surface area contributed by atoms with E-state index in [0.717, 1.165) is 0 Å². The van der Waals surface area contributed by atoms with Gasteiger partial charge in [0.25, 0.3) is 0 Å². The van der Waals surface area contributed by atoms with Crippen molar-refractivity contribution in [1.29, 1.82) is 5.26 Å². The molecule has 0 aliphatic rings. The number of nitriles is 1. The predicted molar refractivity (Wildman–Crippen MR) is 78.6 cm³/mol. The maximum absolute atomic E-state index is 12.5. The molecule has 2 N–H and O–H groups in total. The molecule has 9 heteroatoms. The molecule has 1 aromatic heterocycles. The molecule has 1 heterocycles. The van der Waals surface area contributed by atoms with Gasteiger partial charge in [0.1, 0.15) is 29.7 Å². The molecule has 6 nitrogen and oxygen atoms in total.